The van der Waals surface area contributed by atoms with Crippen molar-refractivity contribution in [1.82, 2.24) is 5.32 Å². The van der Waals surface area contributed by atoms with Crippen molar-refractivity contribution in [2.75, 3.05) is 11.5 Å². The molecule has 220 valence electrons. The molecule has 0 bridgehead atoms. The van der Waals surface area contributed by atoms with E-state index in [0.29, 0.717) is 21.7 Å². The van der Waals surface area contributed by atoms with Gasteiger partial charge in [0.25, 0.3) is 17.5 Å². The van der Waals surface area contributed by atoms with Gasteiger partial charge in [-0.2, -0.15) is 0 Å². The second kappa shape index (κ2) is 12.5. The lowest BCUT2D eigenvalue weighted by Gasteiger charge is -2.27. The van der Waals surface area contributed by atoms with Crippen LogP contribution in [0.1, 0.15) is 23.6 Å². The Labute approximate surface area is 249 Å². The number of amides is 4. The molecule has 0 aliphatic carbocycles. The second-order valence-corrected chi connectivity index (χ2v) is 9.45. The molecule has 0 unspecified atom stereocenters. The third-order valence-corrected chi connectivity index (χ3v) is 6.68. The largest absolute Gasteiger partial charge is 0.490 e. The lowest BCUT2D eigenvalue weighted by molar-refractivity contribution is -0.394. The van der Waals surface area contributed by atoms with Gasteiger partial charge >= 0.3 is 11.7 Å². The SMILES string of the molecule is C=CCc1cc(/C=C2\C(=O)NC(=O)N(c3cccc(Cl)c3C)C2=O)cc(OCC)c1Oc1ccc([N+](=O)[O-])cc1[N+](=O)[O-]. The quantitative estimate of drug-likeness (QED) is 0.0947. The summed E-state index contributed by atoms with van der Waals surface area (Å²) in [6, 6.07) is 9.69. The van der Waals surface area contributed by atoms with E-state index in [0.717, 1.165) is 23.1 Å². The number of nitro benzene ring substituents is 2. The van der Waals surface area contributed by atoms with Crippen molar-refractivity contribution < 1.29 is 33.7 Å². The van der Waals surface area contributed by atoms with Crippen molar-refractivity contribution in [3.8, 4) is 17.2 Å². The zero-order chi connectivity index (χ0) is 31.4. The Kier molecular flexibility index (Phi) is 8.86. The fourth-order valence-electron chi connectivity index (χ4n) is 4.29. The number of urea groups is 1. The van der Waals surface area contributed by atoms with Gasteiger partial charge < -0.3 is 9.47 Å². The summed E-state index contributed by atoms with van der Waals surface area (Å²) in [6.07, 6.45) is 2.96. The number of imide groups is 2. The average Bonchev–Trinajstić information content (AvgIpc) is 2.95. The van der Waals surface area contributed by atoms with Gasteiger partial charge in [-0.15, -0.1) is 6.58 Å². The van der Waals surface area contributed by atoms with E-state index in [4.69, 9.17) is 21.1 Å². The summed E-state index contributed by atoms with van der Waals surface area (Å²) < 4.78 is 11.7. The highest BCUT2D eigenvalue weighted by molar-refractivity contribution is 6.40. The van der Waals surface area contributed by atoms with E-state index in [9.17, 15) is 34.6 Å². The van der Waals surface area contributed by atoms with Crippen molar-refractivity contribution in [1.29, 1.82) is 0 Å². The molecule has 3 aromatic carbocycles. The monoisotopic (exact) mass is 606 g/mol. The van der Waals surface area contributed by atoms with Crippen LogP contribution in [0.25, 0.3) is 6.08 Å². The van der Waals surface area contributed by atoms with Gasteiger partial charge in [-0.05, 0) is 67.8 Å². The summed E-state index contributed by atoms with van der Waals surface area (Å²) in [5, 5.41) is 25.3. The average molecular weight is 607 g/mol. The number of anilines is 1. The first kappa shape index (κ1) is 30.4. The Hall–Kier alpha value is -5.56. The summed E-state index contributed by atoms with van der Waals surface area (Å²) in [5.41, 5.74) is -0.125. The van der Waals surface area contributed by atoms with E-state index in [1.807, 2.05) is 0 Å². The van der Waals surface area contributed by atoms with Crippen molar-refractivity contribution >= 4 is 52.6 Å². The number of benzene rings is 3. The minimum Gasteiger partial charge on any atom is -0.490 e. The van der Waals surface area contributed by atoms with E-state index in [1.54, 1.807) is 32.0 Å². The number of carbonyl (C=O) groups excluding carboxylic acids is 3. The molecular formula is C29H23ClN4O9. The first-order chi connectivity index (χ1) is 20.5. The molecule has 43 heavy (non-hydrogen) atoms. The molecule has 0 spiro atoms. The van der Waals surface area contributed by atoms with Crippen LogP contribution < -0.4 is 19.7 Å². The van der Waals surface area contributed by atoms with Crippen LogP contribution in [0.3, 0.4) is 0 Å². The number of hydrogen-bond acceptors (Lipinski definition) is 9. The van der Waals surface area contributed by atoms with E-state index in [-0.39, 0.29) is 41.5 Å². The number of barbiturate groups is 1. The molecule has 1 heterocycles. The molecule has 0 radical (unpaired) electrons. The summed E-state index contributed by atoms with van der Waals surface area (Å²) >= 11 is 6.19. The molecule has 0 atom stereocenters. The Morgan fingerprint density at radius 3 is 2.44 bits per heavy atom. The van der Waals surface area contributed by atoms with E-state index in [1.165, 1.54) is 24.3 Å². The van der Waals surface area contributed by atoms with Crippen molar-refractivity contribution in [2.45, 2.75) is 20.3 Å². The number of carbonyl (C=O) groups is 3. The fourth-order valence-corrected chi connectivity index (χ4v) is 4.46. The number of non-ortho nitro benzene ring substituents is 1. The van der Waals surface area contributed by atoms with E-state index >= 15 is 0 Å². The molecule has 0 saturated carbocycles. The predicted octanol–water partition coefficient (Wildman–Crippen LogP) is 6.05. The van der Waals surface area contributed by atoms with Gasteiger partial charge in [0.1, 0.15) is 5.57 Å². The number of nitro groups is 2. The molecule has 1 aliphatic rings. The van der Waals surface area contributed by atoms with Gasteiger partial charge in [0.2, 0.25) is 5.75 Å². The minimum atomic E-state index is -0.937. The molecule has 1 N–H and O–H groups in total. The van der Waals surface area contributed by atoms with Crippen LogP contribution >= 0.6 is 11.6 Å². The molecule has 4 rings (SSSR count). The van der Waals surface area contributed by atoms with E-state index in [2.05, 4.69) is 11.9 Å². The number of allylic oxidation sites excluding steroid dienone is 1. The standard InChI is InChI=1S/C29H23ClN4O9/c1-4-7-18-12-17(13-20-27(35)31-29(37)32(28(20)36)22-9-6-8-21(30)16(22)3)14-25(42-5-2)26(18)43-24-11-10-19(33(38)39)15-23(24)34(40)41/h4,6,8-15H,1,5,7H2,2-3H3,(H,31,35,37)/b20-13+. The van der Waals surface area contributed by atoms with Gasteiger partial charge in [0.05, 0.1) is 28.2 Å². The Morgan fingerprint density at radius 1 is 1.05 bits per heavy atom. The number of ether oxygens (including phenoxy) is 2. The topological polar surface area (TPSA) is 171 Å². The van der Waals surface area contributed by atoms with Crippen LogP contribution in [0, 0.1) is 27.2 Å². The molecule has 4 amide bonds. The summed E-state index contributed by atoms with van der Waals surface area (Å²) in [5.74, 6) is -1.92. The Bertz CT molecular complexity index is 1740. The molecule has 1 saturated heterocycles. The number of hydrogen-bond donors (Lipinski definition) is 1. The number of rotatable bonds is 10. The molecule has 3 aromatic rings. The number of halogens is 1. The maximum Gasteiger partial charge on any atom is 0.335 e. The zero-order valence-electron chi connectivity index (χ0n) is 22.8. The third kappa shape index (κ3) is 6.21. The molecule has 14 heteroatoms. The maximum atomic E-state index is 13.5. The van der Waals surface area contributed by atoms with Crippen LogP contribution in [0.4, 0.5) is 21.9 Å². The highest BCUT2D eigenvalue weighted by Gasteiger charge is 2.38. The first-order valence-electron chi connectivity index (χ1n) is 12.6. The van der Waals surface area contributed by atoms with Gasteiger partial charge in [0, 0.05) is 16.7 Å². The highest BCUT2D eigenvalue weighted by Crippen LogP contribution is 2.42. The lowest BCUT2D eigenvalue weighted by Crippen LogP contribution is -2.54. The third-order valence-electron chi connectivity index (χ3n) is 6.27. The summed E-state index contributed by atoms with van der Waals surface area (Å²) in [6.45, 7) is 7.18. The van der Waals surface area contributed by atoms with E-state index < -0.39 is 39.1 Å². The molecule has 13 nitrogen and oxygen atoms in total. The smallest absolute Gasteiger partial charge is 0.335 e. The number of nitrogens with zero attached hydrogens (tertiary/aromatic N) is 3. The predicted molar refractivity (Wildman–Crippen MR) is 157 cm³/mol. The van der Waals surface area contributed by atoms with Crippen LogP contribution in [-0.4, -0.2) is 34.3 Å². The maximum absolute atomic E-state index is 13.5. The second-order valence-electron chi connectivity index (χ2n) is 9.04. The van der Waals surface area contributed by atoms with Crippen LogP contribution in [0.5, 0.6) is 17.2 Å². The highest BCUT2D eigenvalue weighted by atomic mass is 35.5. The van der Waals surface area contributed by atoms with Crippen molar-refractivity contribution in [2.24, 2.45) is 0 Å². The minimum absolute atomic E-state index is 0.0617. The Morgan fingerprint density at radius 2 is 1.79 bits per heavy atom. The fraction of sp³-hybridized carbons (Fsp3) is 0.138. The van der Waals surface area contributed by atoms with Gasteiger partial charge in [-0.3, -0.25) is 35.1 Å². The summed E-state index contributed by atoms with van der Waals surface area (Å²) in [7, 11) is 0. The Balaban J connectivity index is 1.82. The van der Waals surface area contributed by atoms with Gasteiger partial charge in [-0.1, -0.05) is 23.7 Å². The van der Waals surface area contributed by atoms with Crippen LogP contribution in [0.15, 0.2) is 66.8 Å². The van der Waals surface area contributed by atoms with Gasteiger partial charge in [0.15, 0.2) is 11.5 Å². The molecular weight excluding hydrogens is 584 g/mol. The number of nitrogens with one attached hydrogen (secondary N) is 1. The molecule has 1 fully saturated rings. The zero-order valence-corrected chi connectivity index (χ0v) is 23.5. The lowest BCUT2D eigenvalue weighted by atomic mass is 10.0. The van der Waals surface area contributed by atoms with Crippen molar-refractivity contribution in [3.05, 3.63) is 109 Å². The normalized spacial score (nSPS) is 14.0. The van der Waals surface area contributed by atoms with Crippen LogP contribution in [0.2, 0.25) is 5.02 Å². The van der Waals surface area contributed by atoms with Crippen molar-refractivity contribution in [3.63, 3.8) is 0 Å². The van der Waals surface area contributed by atoms with Gasteiger partial charge in [-0.25, -0.2) is 9.69 Å². The molecule has 1 aliphatic heterocycles. The van der Waals surface area contributed by atoms with Crippen LogP contribution in [-0.2, 0) is 16.0 Å². The molecule has 0 aromatic heterocycles. The first-order valence-corrected chi connectivity index (χ1v) is 13.0. The summed E-state index contributed by atoms with van der Waals surface area (Å²) in [4.78, 5) is 61.0.